The molecule has 0 spiro atoms. The van der Waals surface area contributed by atoms with Gasteiger partial charge in [0.2, 0.25) is 5.91 Å². The molecule has 23 heavy (non-hydrogen) atoms. The van der Waals surface area contributed by atoms with Gasteiger partial charge in [-0.15, -0.1) is 0 Å². The van der Waals surface area contributed by atoms with Gasteiger partial charge in [0.25, 0.3) is 0 Å². The Balaban J connectivity index is 1.59. The standard InChI is InChI=1S/C17H24N4O2/c1-20-9-3-4-12-10-13(5-7-15(12)20)18-17(23)19-14-6-8-16(22)21(2)11-14/h5,7,10,14H,3-4,6,8-9,11H2,1-2H3,(H2,18,19,23). The normalized spacial score (nSPS) is 21.0. The number of fused-ring (bicyclic) bond motifs is 1. The van der Waals surface area contributed by atoms with Crippen molar-refractivity contribution in [3.8, 4) is 0 Å². The third-order valence-electron chi connectivity index (χ3n) is 4.65. The summed E-state index contributed by atoms with van der Waals surface area (Å²) < 4.78 is 0. The molecule has 1 fully saturated rings. The summed E-state index contributed by atoms with van der Waals surface area (Å²) in [6.07, 6.45) is 3.38. The number of carbonyl (C=O) groups is 2. The quantitative estimate of drug-likeness (QED) is 0.874. The summed E-state index contributed by atoms with van der Waals surface area (Å²) in [4.78, 5) is 27.6. The molecular formula is C17H24N4O2. The van der Waals surface area contributed by atoms with Gasteiger partial charge in [0, 0.05) is 51.0 Å². The first kappa shape index (κ1) is 15.6. The minimum Gasteiger partial charge on any atom is -0.374 e. The number of carbonyl (C=O) groups excluding carboxylic acids is 2. The summed E-state index contributed by atoms with van der Waals surface area (Å²) in [5.41, 5.74) is 3.34. The van der Waals surface area contributed by atoms with Crippen LogP contribution in [0.25, 0.3) is 0 Å². The lowest BCUT2D eigenvalue weighted by atomic mass is 10.0. The van der Waals surface area contributed by atoms with E-state index in [-0.39, 0.29) is 18.0 Å². The predicted molar refractivity (Wildman–Crippen MR) is 90.8 cm³/mol. The van der Waals surface area contributed by atoms with Gasteiger partial charge in [-0.05, 0) is 43.0 Å². The monoisotopic (exact) mass is 316 g/mol. The largest absolute Gasteiger partial charge is 0.374 e. The average molecular weight is 316 g/mol. The smallest absolute Gasteiger partial charge is 0.319 e. The summed E-state index contributed by atoms with van der Waals surface area (Å²) in [7, 11) is 3.87. The number of hydrogen-bond acceptors (Lipinski definition) is 3. The molecule has 3 rings (SSSR count). The van der Waals surface area contributed by atoms with E-state index in [0.717, 1.165) is 25.1 Å². The van der Waals surface area contributed by atoms with Gasteiger partial charge < -0.3 is 20.4 Å². The average Bonchev–Trinajstić information content (AvgIpc) is 2.51. The Kier molecular flexibility index (Phi) is 4.41. The summed E-state index contributed by atoms with van der Waals surface area (Å²) in [6, 6.07) is 5.87. The molecule has 0 saturated carbocycles. The van der Waals surface area contributed by atoms with Crippen molar-refractivity contribution in [3.63, 3.8) is 0 Å². The molecule has 1 atom stereocenters. The van der Waals surface area contributed by atoms with Crippen molar-refractivity contribution in [2.45, 2.75) is 31.7 Å². The summed E-state index contributed by atoms with van der Waals surface area (Å²) in [5, 5.41) is 5.86. The van der Waals surface area contributed by atoms with Crippen molar-refractivity contribution in [1.82, 2.24) is 10.2 Å². The van der Waals surface area contributed by atoms with Gasteiger partial charge in [-0.2, -0.15) is 0 Å². The first-order chi connectivity index (χ1) is 11.0. The van der Waals surface area contributed by atoms with Crippen LogP contribution >= 0.6 is 0 Å². The van der Waals surface area contributed by atoms with Crippen molar-refractivity contribution in [2.24, 2.45) is 0 Å². The molecule has 0 aromatic heterocycles. The number of aryl methyl sites for hydroxylation is 1. The third-order valence-corrected chi connectivity index (χ3v) is 4.65. The van der Waals surface area contributed by atoms with E-state index in [9.17, 15) is 9.59 Å². The van der Waals surface area contributed by atoms with E-state index in [2.05, 4.69) is 34.7 Å². The van der Waals surface area contributed by atoms with E-state index in [0.29, 0.717) is 19.4 Å². The van der Waals surface area contributed by atoms with E-state index >= 15 is 0 Å². The molecule has 1 unspecified atom stereocenters. The maximum atomic E-state index is 12.2. The minimum absolute atomic E-state index is 0.0152. The number of benzene rings is 1. The Morgan fingerprint density at radius 2 is 2.04 bits per heavy atom. The van der Waals surface area contributed by atoms with Gasteiger partial charge >= 0.3 is 6.03 Å². The Morgan fingerprint density at radius 3 is 2.83 bits per heavy atom. The maximum Gasteiger partial charge on any atom is 0.319 e. The number of rotatable bonds is 2. The van der Waals surface area contributed by atoms with Crippen LogP contribution in [0.15, 0.2) is 18.2 Å². The molecule has 2 heterocycles. The molecule has 2 aliphatic rings. The number of hydrogen-bond donors (Lipinski definition) is 2. The number of piperidine rings is 1. The van der Waals surface area contributed by atoms with Crippen LogP contribution in [0.1, 0.15) is 24.8 Å². The van der Waals surface area contributed by atoms with Crippen LogP contribution in [0.5, 0.6) is 0 Å². The van der Waals surface area contributed by atoms with Crippen LogP contribution in [0.2, 0.25) is 0 Å². The van der Waals surface area contributed by atoms with Crippen LogP contribution in [-0.2, 0) is 11.2 Å². The number of nitrogens with one attached hydrogen (secondary N) is 2. The summed E-state index contributed by atoms with van der Waals surface area (Å²) in [5.74, 6) is 0.141. The molecule has 0 radical (unpaired) electrons. The topological polar surface area (TPSA) is 64.7 Å². The van der Waals surface area contributed by atoms with Crippen LogP contribution in [0.3, 0.4) is 0 Å². The van der Waals surface area contributed by atoms with Crippen molar-refractivity contribution in [1.29, 1.82) is 0 Å². The second-order valence-electron chi connectivity index (χ2n) is 6.48. The number of likely N-dealkylation sites (N-methyl/N-ethyl adjacent to an activating group) is 1. The highest BCUT2D eigenvalue weighted by atomic mass is 16.2. The number of likely N-dealkylation sites (tertiary alicyclic amines) is 1. The van der Waals surface area contributed by atoms with Crippen LogP contribution in [0.4, 0.5) is 16.2 Å². The third kappa shape index (κ3) is 3.57. The predicted octanol–water partition coefficient (Wildman–Crippen LogP) is 1.81. The van der Waals surface area contributed by atoms with E-state index in [1.807, 2.05) is 6.07 Å². The molecule has 2 aliphatic heterocycles. The van der Waals surface area contributed by atoms with Crippen LogP contribution in [0, 0.1) is 0 Å². The van der Waals surface area contributed by atoms with Gasteiger partial charge in [0.05, 0.1) is 0 Å². The van der Waals surface area contributed by atoms with Crippen LogP contribution in [-0.4, -0.2) is 50.1 Å². The van der Waals surface area contributed by atoms with Gasteiger partial charge in [-0.3, -0.25) is 4.79 Å². The highest BCUT2D eigenvalue weighted by Gasteiger charge is 2.24. The Hall–Kier alpha value is -2.24. The number of anilines is 2. The number of nitrogens with zero attached hydrogens (tertiary/aromatic N) is 2. The lowest BCUT2D eigenvalue weighted by Gasteiger charge is -2.30. The Morgan fingerprint density at radius 1 is 1.22 bits per heavy atom. The molecule has 0 aliphatic carbocycles. The molecule has 6 nitrogen and oxygen atoms in total. The van der Waals surface area contributed by atoms with Gasteiger partial charge in [-0.1, -0.05) is 0 Å². The lowest BCUT2D eigenvalue weighted by Crippen LogP contribution is -2.49. The van der Waals surface area contributed by atoms with Gasteiger partial charge in [-0.25, -0.2) is 4.79 Å². The van der Waals surface area contributed by atoms with E-state index in [4.69, 9.17) is 0 Å². The zero-order valence-electron chi connectivity index (χ0n) is 13.8. The molecule has 1 aromatic carbocycles. The van der Waals surface area contributed by atoms with Crippen molar-refractivity contribution in [3.05, 3.63) is 23.8 Å². The lowest BCUT2D eigenvalue weighted by molar-refractivity contribution is -0.132. The number of urea groups is 1. The second kappa shape index (κ2) is 6.48. The highest BCUT2D eigenvalue weighted by Crippen LogP contribution is 2.28. The van der Waals surface area contributed by atoms with Crippen molar-refractivity contribution < 1.29 is 9.59 Å². The van der Waals surface area contributed by atoms with Crippen molar-refractivity contribution >= 4 is 23.3 Å². The molecule has 0 bridgehead atoms. The maximum absolute atomic E-state index is 12.2. The fourth-order valence-corrected chi connectivity index (χ4v) is 3.35. The molecule has 6 heteroatoms. The Labute approximate surface area is 136 Å². The molecule has 3 amide bonds. The van der Waals surface area contributed by atoms with Crippen LogP contribution < -0.4 is 15.5 Å². The van der Waals surface area contributed by atoms with Crippen molar-refractivity contribution in [2.75, 3.05) is 37.4 Å². The minimum atomic E-state index is -0.207. The van der Waals surface area contributed by atoms with E-state index in [1.54, 1.807) is 11.9 Å². The Bertz CT molecular complexity index is 617. The fraction of sp³-hybridized carbons (Fsp3) is 0.529. The second-order valence-corrected chi connectivity index (χ2v) is 6.48. The molecule has 1 aromatic rings. The molecule has 1 saturated heterocycles. The van der Waals surface area contributed by atoms with Gasteiger partial charge in [0.1, 0.15) is 0 Å². The SMILES string of the molecule is CN1CC(NC(=O)Nc2ccc3c(c2)CCCN3C)CCC1=O. The van der Waals surface area contributed by atoms with E-state index in [1.165, 1.54) is 11.3 Å². The first-order valence-corrected chi connectivity index (χ1v) is 8.18. The van der Waals surface area contributed by atoms with Gasteiger partial charge in [0.15, 0.2) is 0 Å². The summed E-state index contributed by atoms with van der Waals surface area (Å²) in [6.45, 7) is 1.65. The fourth-order valence-electron chi connectivity index (χ4n) is 3.35. The zero-order chi connectivity index (χ0) is 16.4. The molecular weight excluding hydrogens is 292 g/mol. The first-order valence-electron chi connectivity index (χ1n) is 8.18. The number of amides is 3. The molecule has 2 N–H and O–H groups in total. The zero-order valence-corrected chi connectivity index (χ0v) is 13.8. The van der Waals surface area contributed by atoms with E-state index < -0.39 is 0 Å². The highest BCUT2D eigenvalue weighted by molar-refractivity contribution is 5.90. The molecule has 124 valence electrons. The summed E-state index contributed by atoms with van der Waals surface area (Å²) >= 11 is 0.